The zero-order chi connectivity index (χ0) is 20.5. The van der Waals surface area contributed by atoms with Gasteiger partial charge in [0.2, 0.25) is 12.2 Å². The summed E-state index contributed by atoms with van der Waals surface area (Å²) in [6.07, 6.45) is 3.42. The minimum absolute atomic E-state index is 0.299. The van der Waals surface area contributed by atoms with Gasteiger partial charge in [-0.1, -0.05) is 6.58 Å². The topological polar surface area (TPSA) is 76.2 Å². The van der Waals surface area contributed by atoms with Crippen LogP contribution >= 0.6 is 0 Å². The number of nitrogens with zero attached hydrogens (tertiary/aromatic N) is 4. The molecule has 2 aromatic heterocycles. The number of halogens is 1. The maximum absolute atomic E-state index is 13.5. The van der Waals surface area contributed by atoms with E-state index < -0.39 is 6.29 Å². The van der Waals surface area contributed by atoms with Gasteiger partial charge in [-0.15, -0.1) is 0 Å². The number of anilines is 1. The van der Waals surface area contributed by atoms with E-state index in [1.54, 1.807) is 18.3 Å². The highest BCUT2D eigenvalue weighted by Crippen LogP contribution is 2.33. The Morgan fingerprint density at radius 1 is 1.03 bits per heavy atom. The third kappa shape index (κ3) is 3.71. The average molecular weight is 407 g/mol. The van der Waals surface area contributed by atoms with Crippen LogP contribution in [0.4, 0.5) is 10.3 Å². The zero-order valence-corrected chi connectivity index (χ0v) is 16.5. The van der Waals surface area contributed by atoms with Gasteiger partial charge in [0.05, 0.1) is 30.3 Å². The van der Waals surface area contributed by atoms with Gasteiger partial charge in [0, 0.05) is 24.8 Å². The second-order valence-electron chi connectivity index (χ2n) is 7.49. The first-order valence-electron chi connectivity index (χ1n) is 10.0. The molecule has 0 bridgehead atoms. The minimum Gasteiger partial charge on any atom is -0.341 e. The molecule has 1 aromatic carbocycles. The Morgan fingerprint density at radius 2 is 1.77 bits per heavy atom. The SMILES string of the molecule is C=C1COC(c2nc(-c3ccc(F)cc3)c(-c3ccnc(N4CCCC4)n3)[nH]2)OC1. The minimum atomic E-state index is -0.622. The summed E-state index contributed by atoms with van der Waals surface area (Å²) in [5.41, 5.74) is 3.74. The van der Waals surface area contributed by atoms with E-state index in [9.17, 15) is 4.39 Å². The zero-order valence-electron chi connectivity index (χ0n) is 16.5. The Labute approximate surface area is 173 Å². The summed E-state index contributed by atoms with van der Waals surface area (Å²) in [4.78, 5) is 19.4. The first-order chi connectivity index (χ1) is 14.7. The van der Waals surface area contributed by atoms with Crippen LogP contribution in [0.3, 0.4) is 0 Å². The first-order valence-corrected chi connectivity index (χ1v) is 10.0. The average Bonchev–Trinajstić information content (AvgIpc) is 3.46. The van der Waals surface area contributed by atoms with Gasteiger partial charge in [0.1, 0.15) is 5.82 Å². The van der Waals surface area contributed by atoms with Gasteiger partial charge >= 0.3 is 0 Å². The van der Waals surface area contributed by atoms with E-state index in [1.165, 1.54) is 12.1 Å². The van der Waals surface area contributed by atoms with E-state index >= 15 is 0 Å². The number of hydrogen-bond acceptors (Lipinski definition) is 6. The number of nitrogens with one attached hydrogen (secondary N) is 1. The molecule has 2 aliphatic rings. The number of rotatable bonds is 4. The summed E-state index contributed by atoms with van der Waals surface area (Å²) in [6.45, 7) is 6.62. The van der Waals surface area contributed by atoms with Crippen LogP contribution < -0.4 is 4.90 Å². The Hall–Kier alpha value is -3.10. The Bertz CT molecular complexity index is 1050. The Balaban J connectivity index is 1.56. The van der Waals surface area contributed by atoms with Gasteiger partial charge in [-0.25, -0.2) is 19.3 Å². The third-order valence-corrected chi connectivity index (χ3v) is 5.23. The van der Waals surface area contributed by atoms with Crippen molar-refractivity contribution < 1.29 is 13.9 Å². The highest BCUT2D eigenvalue weighted by molar-refractivity contribution is 5.77. The fourth-order valence-corrected chi connectivity index (χ4v) is 3.70. The Morgan fingerprint density at radius 3 is 2.50 bits per heavy atom. The summed E-state index contributed by atoms with van der Waals surface area (Å²) < 4.78 is 24.9. The molecule has 2 saturated heterocycles. The lowest BCUT2D eigenvalue weighted by Crippen LogP contribution is -2.21. The summed E-state index contributed by atoms with van der Waals surface area (Å²) in [7, 11) is 0. The lowest BCUT2D eigenvalue weighted by molar-refractivity contribution is -0.165. The number of aromatic amines is 1. The van der Waals surface area contributed by atoms with E-state index in [4.69, 9.17) is 19.4 Å². The molecule has 30 heavy (non-hydrogen) atoms. The van der Waals surface area contributed by atoms with Crippen LogP contribution in [-0.4, -0.2) is 46.2 Å². The van der Waals surface area contributed by atoms with Crippen LogP contribution in [0.2, 0.25) is 0 Å². The number of aromatic nitrogens is 4. The largest absolute Gasteiger partial charge is 0.341 e. The van der Waals surface area contributed by atoms with Gasteiger partial charge in [-0.05, 0) is 48.7 Å². The van der Waals surface area contributed by atoms with Crippen molar-refractivity contribution in [2.75, 3.05) is 31.2 Å². The summed E-state index contributed by atoms with van der Waals surface area (Å²) in [6, 6.07) is 8.08. The smallest absolute Gasteiger partial charge is 0.225 e. The second kappa shape index (κ2) is 7.97. The predicted octanol–water partition coefficient (Wildman–Crippen LogP) is 3.87. The van der Waals surface area contributed by atoms with E-state index in [1.807, 2.05) is 6.07 Å². The van der Waals surface area contributed by atoms with E-state index in [2.05, 4.69) is 21.4 Å². The van der Waals surface area contributed by atoms with Crippen molar-refractivity contribution in [3.63, 3.8) is 0 Å². The molecule has 0 spiro atoms. The highest BCUT2D eigenvalue weighted by atomic mass is 19.1. The third-order valence-electron chi connectivity index (χ3n) is 5.23. The molecular weight excluding hydrogens is 385 g/mol. The van der Waals surface area contributed by atoms with E-state index in [0.29, 0.717) is 36.4 Å². The lowest BCUT2D eigenvalue weighted by atomic mass is 10.1. The molecule has 0 amide bonds. The molecule has 3 aromatic rings. The molecule has 0 unspecified atom stereocenters. The summed E-state index contributed by atoms with van der Waals surface area (Å²) in [5.74, 6) is 0.942. The molecule has 0 radical (unpaired) electrons. The van der Waals surface area contributed by atoms with Crippen LogP contribution in [0.25, 0.3) is 22.6 Å². The number of benzene rings is 1. The molecule has 5 rings (SSSR count). The molecule has 154 valence electrons. The van der Waals surface area contributed by atoms with Gasteiger partial charge in [0.25, 0.3) is 0 Å². The molecule has 8 heteroatoms. The molecule has 7 nitrogen and oxygen atoms in total. The van der Waals surface area contributed by atoms with E-state index in [-0.39, 0.29) is 5.82 Å². The van der Waals surface area contributed by atoms with Crippen molar-refractivity contribution in [3.05, 3.63) is 60.3 Å². The van der Waals surface area contributed by atoms with Crippen LogP contribution in [0.1, 0.15) is 25.0 Å². The van der Waals surface area contributed by atoms with Crippen LogP contribution in [0, 0.1) is 5.82 Å². The predicted molar refractivity (Wildman–Crippen MR) is 110 cm³/mol. The van der Waals surface area contributed by atoms with Crippen molar-refractivity contribution in [3.8, 4) is 22.6 Å². The maximum atomic E-state index is 13.5. The van der Waals surface area contributed by atoms with Gasteiger partial charge in [-0.3, -0.25) is 0 Å². The standard InChI is InChI=1S/C22H22FN5O2/c1-14-12-29-21(30-13-14)20-26-18(15-4-6-16(23)7-5-15)19(27-20)17-8-9-24-22(25-17)28-10-2-3-11-28/h4-9,21H,1-3,10-13H2,(H,26,27). The summed E-state index contributed by atoms with van der Waals surface area (Å²) >= 11 is 0. The number of H-pyrrole nitrogens is 1. The number of ether oxygens (including phenoxy) is 2. The highest BCUT2D eigenvalue weighted by Gasteiger charge is 2.25. The quantitative estimate of drug-likeness (QED) is 0.662. The maximum Gasteiger partial charge on any atom is 0.225 e. The fraction of sp³-hybridized carbons (Fsp3) is 0.318. The van der Waals surface area contributed by atoms with Crippen LogP contribution in [-0.2, 0) is 9.47 Å². The van der Waals surface area contributed by atoms with Crippen LogP contribution in [0.15, 0.2) is 48.7 Å². The van der Waals surface area contributed by atoms with Gasteiger partial charge < -0.3 is 19.4 Å². The van der Waals surface area contributed by atoms with Crippen molar-refractivity contribution in [2.45, 2.75) is 19.1 Å². The van der Waals surface area contributed by atoms with E-state index in [0.717, 1.165) is 42.8 Å². The fourth-order valence-electron chi connectivity index (χ4n) is 3.70. The van der Waals surface area contributed by atoms with Crippen LogP contribution in [0.5, 0.6) is 0 Å². The van der Waals surface area contributed by atoms with Crippen molar-refractivity contribution in [2.24, 2.45) is 0 Å². The lowest BCUT2D eigenvalue weighted by Gasteiger charge is -2.22. The molecule has 1 N–H and O–H groups in total. The molecule has 0 atom stereocenters. The normalized spacial score (nSPS) is 17.6. The molecule has 2 aliphatic heterocycles. The molecule has 2 fully saturated rings. The molecule has 4 heterocycles. The van der Waals surface area contributed by atoms with Crippen molar-refractivity contribution in [1.29, 1.82) is 0 Å². The first kappa shape index (κ1) is 18.9. The summed E-state index contributed by atoms with van der Waals surface area (Å²) in [5, 5.41) is 0. The molecular formula is C22H22FN5O2. The monoisotopic (exact) mass is 407 g/mol. The Kier molecular flexibility index (Phi) is 5.02. The van der Waals surface area contributed by atoms with Gasteiger partial charge in [-0.2, -0.15) is 0 Å². The van der Waals surface area contributed by atoms with Crippen molar-refractivity contribution in [1.82, 2.24) is 19.9 Å². The number of imidazole rings is 1. The molecule has 0 saturated carbocycles. The van der Waals surface area contributed by atoms with Gasteiger partial charge in [0.15, 0.2) is 5.82 Å². The second-order valence-corrected chi connectivity index (χ2v) is 7.49. The molecule has 0 aliphatic carbocycles. The number of hydrogen-bond donors (Lipinski definition) is 1. The van der Waals surface area contributed by atoms with Crippen molar-refractivity contribution >= 4 is 5.95 Å².